The number of nitrogens with zero attached hydrogens (tertiary/aromatic N) is 4. The molecule has 0 saturated carbocycles. The van der Waals surface area contributed by atoms with Gasteiger partial charge in [0.1, 0.15) is 0 Å². The van der Waals surface area contributed by atoms with E-state index in [4.69, 9.17) is 0 Å². The predicted octanol–water partition coefficient (Wildman–Crippen LogP) is 2.53. The molecule has 0 bridgehead atoms. The van der Waals surface area contributed by atoms with Gasteiger partial charge in [0.25, 0.3) is 11.4 Å². The van der Waals surface area contributed by atoms with Crippen LogP contribution >= 0.6 is 0 Å². The number of non-ortho nitro benzene ring substituents is 2. The third-order valence-corrected chi connectivity index (χ3v) is 4.25. The molecule has 1 aliphatic heterocycles. The maximum atomic E-state index is 11.2. The average Bonchev–Trinajstić information content (AvgIpc) is 2.52. The molecular formula is C16H18N4O4. The molecule has 126 valence electrons. The number of likely N-dealkylation sites (N-methyl/N-ethyl adjacent to an activating group) is 1. The number of benzene rings is 2. The minimum atomic E-state index is -0.451. The first-order chi connectivity index (χ1) is 11.3. The SMILES string of the molecule is CN(C)CCN1Cc2cc([N+](=O)[O-])cc3cc([N+](=O)[O-])cc(c23)C1. The Morgan fingerprint density at radius 1 is 1.00 bits per heavy atom. The van der Waals surface area contributed by atoms with Gasteiger partial charge in [-0.2, -0.15) is 0 Å². The van der Waals surface area contributed by atoms with Gasteiger partial charge in [-0.3, -0.25) is 25.1 Å². The Morgan fingerprint density at radius 2 is 1.50 bits per heavy atom. The van der Waals surface area contributed by atoms with Crippen molar-refractivity contribution in [2.24, 2.45) is 0 Å². The predicted molar refractivity (Wildman–Crippen MR) is 89.9 cm³/mol. The minimum absolute atomic E-state index is 0.0293. The summed E-state index contributed by atoms with van der Waals surface area (Å²) >= 11 is 0. The standard InChI is InChI=1S/C16H18N4O4/c1-17(2)3-4-18-9-12-7-14(19(21)22)5-11-6-15(20(23)24)8-13(10-18)16(11)12/h5-8H,3-4,9-10H2,1-2H3. The van der Waals surface area contributed by atoms with E-state index in [1.165, 1.54) is 12.1 Å². The van der Waals surface area contributed by atoms with Gasteiger partial charge < -0.3 is 4.90 Å². The zero-order valence-corrected chi connectivity index (χ0v) is 13.6. The molecule has 1 heterocycles. The van der Waals surface area contributed by atoms with E-state index in [0.29, 0.717) is 18.5 Å². The van der Waals surface area contributed by atoms with Crippen LogP contribution in [-0.4, -0.2) is 46.8 Å². The summed E-state index contributed by atoms with van der Waals surface area (Å²) in [4.78, 5) is 25.7. The van der Waals surface area contributed by atoms with Crippen LogP contribution in [0.15, 0.2) is 24.3 Å². The molecule has 3 rings (SSSR count). The fourth-order valence-electron chi connectivity index (χ4n) is 3.16. The Labute approximate surface area is 138 Å². The van der Waals surface area contributed by atoms with Crippen molar-refractivity contribution in [3.05, 3.63) is 55.6 Å². The first kappa shape index (κ1) is 16.3. The van der Waals surface area contributed by atoms with Gasteiger partial charge in [0.2, 0.25) is 0 Å². The lowest BCUT2D eigenvalue weighted by atomic mass is 9.94. The van der Waals surface area contributed by atoms with Crippen molar-refractivity contribution in [1.82, 2.24) is 9.80 Å². The van der Waals surface area contributed by atoms with Gasteiger partial charge in [-0.1, -0.05) is 0 Å². The molecule has 0 atom stereocenters. The Kier molecular flexibility index (Phi) is 4.16. The quantitative estimate of drug-likeness (QED) is 0.618. The van der Waals surface area contributed by atoms with Gasteiger partial charge in [0, 0.05) is 50.4 Å². The fourth-order valence-corrected chi connectivity index (χ4v) is 3.16. The van der Waals surface area contributed by atoms with E-state index in [1.807, 2.05) is 14.1 Å². The summed E-state index contributed by atoms with van der Waals surface area (Å²) in [5.41, 5.74) is 1.65. The van der Waals surface area contributed by atoms with Crippen LogP contribution in [0, 0.1) is 20.2 Å². The van der Waals surface area contributed by atoms with Gasteiger partial charge >= 0.3 is 0 Å². The molecule has 0 amide bonds. The normalized spacial score (nSPS) is 14.3. The molecule has 0 unspecified atom stereocenters. The monoisotopic (exact) mass is 330 g/mol. The molecule has 2 aromatic carbocycles. The third kappa shape index (κ3) is 3.06. The number of nitro groups is 2. The topological polar surface area (TPSA) is 92.8 Å². The summed E-state index contributed by atoms with van der Waals surface area (Å²) in [5, 5.41) is 23.8. The fraction of sp³-hybridized carbons (Fsp3) is 0.375. The van der Waals surface area contributed by atoms with E-state index in [-0.39, 0.29) is 11.4 Å². The second-order valence-corrected chi connectivity index (χ2v) is 6.34. The van der Waals surface area contributed by atoms with Crippen LogP contribution in [0.3, 0.4) is 0 Å². The summed E-state index contributed by atoms with van der Waals surface area (Å²) < 4.78 is 0. The zero-order chi connectivity index (χ0) is 17.4. The third-order valence-electron chi connectivity index (χ3n) is 4.25. The maximum Gasteiger partial charge on any atom is 0.270 e. The van der Waals surface area contributed by atoms with Crippen molar-refractivity contribution in [3.63, 3.8) is 0 Å². The van der Waals surface area contributed by atoms with Gasteiger partial charge in [0.05, 0.1) is 9.85 Å². The highest BCUT2D eigenvalue weighted by molar-refractivity contribution is 5.93. The number of rotatable bonds is 5. The van der Waals surface area contributed by atoms with Crippen molar-refractivity contribution in [2.45, 2.75) is 13.1 Å². The first-order valence-corrected chi connectivity index (χ1v) is 7.60. The molecule has 0 N–H and O–H groups in total. The molecule has 0 spiro atoms. The smallest absolute Gasteiger partial charge is 0.270 e. The van der Waals surface area contributed by atoms with Crippen LogP contribution < -0.4 is 0 Å². The molecule has 2 aromatic rings. The second kappa shape index (κ2) is 6.14. The Hall–Kier alpha value is -2.58. The lowest BCUT2D eigenvalue weighted by molar-refractivity contribution is -0.385. The second-order valence-electron chi connectivity index (χ2n) is 6.34. The number of hydrogen-bond acceptors (Lipinski definition) is 6. The van der Waals surface area contributed by atoms with Crippen LogP contribution in [0.1, 0.15) is 11.1 Å². The van der Waals surface area contributed by atoms with Crippen molar-refractivity contribution in [3.8, 4) is 0 Å². The van der Waals surface area contributed by atoms with Gasteiger partial charge in [0.15, 0.2) is 0 Å². The molecule has 8 nitrogen and oxygen atoms in total. The van der Waals surface area contributed by atoms with E-state index in [1.54, 1.807) is 12.1 Å². The summed E-state index contributed by atoms with van der Waals surface area (Å²) in [6.07, 6.45) is 0. The van der Waals surface area contributed by atoms with Crippen molar-refractivity contribution >= 4 is 22.1 Å². The number of hydrogen-bond donors (Lipinski definition) is 0. The molecule has 0 fully saturated rings. The minimum Gasteiger partial charge on any atom is -0.308 e. The largest absolute Gasteiger partial charge is 0.308 e. The average molecular weight is 330 g/mol. The number of nitro benzene ring substituents is 2. The maximum absolute atomic E-state index is 11.2. The van der Waals surface area contributed by atoms with Crippen LogP contribution in [-0.2, 0) is 13.1 Å². The lowest BCUT2D eigenvalue weighted by Gasteiger charge is -2.29. The molecular weight excluding hydrogens is 312 g/mol. The highest BCUT2D eigenvalue weighted by Crippen LogP contribution is 2.36. The van der Waals surface area contributed by atoms with Crippen LogP contribution in [0.2, 0.25) is 0 Å². The highest BCUT2D eigenvalue weighted by Gasteiger charge is 2.24. The molecule has 1 aliphatic rings. The van der Waals surface area contributed by atoms with Gasteiger partial charge in [-0.25, -0.2) is 0 Å². The van der Waals surface area contributed by atoms with Crippen molar-refractivity contribution < 1.29 is 9.85 Å². The molecule has 0 saturated heterocycles. The van der Waals surface area contributed by atoms with Crippen molar-refractivity contribution in [2.75, 3.05) is 27.2 Å². The summed E-state index contributed by atoms with van der Waals surface area (Å²) in [5.74, 6) is 0. The van der Waals surface area contributed by atoms with E-state index in [0.717, 1.165) is 29.6 Å². The molecule has 0 aliphatic carbocycles. The van der Waals surface area contributed by atoms with Crippen LogP contribution in [0.25, 0.3) is 10.8 Å². The molecule has 0 aromatic heterocycles. The van der Waals surface area contributed by atoms with Crippen molar-refractivity contribution in [1.29, 1.82) is 0 Å². The Balaban J connectivity index is 2.11. The summed E-state index contributed by atoms with van der Waals surface area (Å²) in [7, 11) is 3.96. The van der Waals surface area contributed by atoms with Gasteiger partial charge in [-0.05, 0) is 36.0 Å². The Bertz CT molecular complexity index is 776. The van der Waals surface area contributed by atoms with E-state index in [9.17, 15) is 20.2 Å². The zero-order valence-electron chi connectivity index (χ0n) is 13.6. The Morgan fingerprint density at radius 3 is 1.92 bits per heavy atom. The van der Waals surface area contributed by atoms with E-state index in [2.05, 4.69) is 9.80 Å². The summed E-state index contributed by atoms with van der Waals surface area (Å²) in [6, 6.07) is 6.01. The lowest BCUT2D eigenvalue weighted by Crippen LogP contribution is -2.33. The molecule has 24 heavy (non-hydrogen) atoms. The van der Waals surface area contributed by atoms with E-state index < -0.39 is 9.85 Å². The van der Waals surface area contributed by atoms with E-state index >= 15 is 0 Å². The first-order valence-electron chi connectivity index (χ1n) is 7.60. The summed E-state index contributed by atoms with van der Waals surface area (Å²) in [6.45, 7) is 2.86. The van der Waals surface area contributed by atoms with Crippen LogP contribution in [0.4, 0.5) is 11.4 Å². The highest BCUT2D eigenvalue weighted by atomic mass is 16.6. The van der Waals surface area contributed by atoms with Crippen LogP contribution in [0.5, 0.6) is 0 Å². The van der Waals surface area contributed by atoms with Gasteiger partial charge in [-0.15, -0.1) is 0 Å². The molecule has 8 heteroatoms. The molecule has 0 radical (unpaired) electrons.